The molecule has 2 aliphatic heterocycles. The lowest BCUT2D eigenvalue weighted by molar-refractivity contribution is 0.408. The number of nitrogens with zero attached hydrogens (tertiary/aromatic N) is 5. The molecule has 5 nitrogen and oxygen atoms in total. The maximum Gasteiger partial charge on any atom is 0.0923 e. The summed E-state index contributed by atoms with van der Waals surface area (Å²) in [7, 11) is -1.83. The molecular formula is C45H33N5S. The molecule has 0 spiro atoms. The average molecular weight is 676 g/mol. The average Bonchev–Trinajstić information content (AvgIpc) is 3.72. The first-order valence-corrected chi connectivity index (χ1v) is 18.8. The molecule has 0 N–H and O–H groups in total. The van der Waals surface area contributed by atoms with Crippen LogP contribution in [0.2, 0.25) is 0 Å². The molecule has 0 fully saturated rings. The number of para-hydroxylation sites is 1. The summed E-state index contributed by atoms with van der Waals surface area (Å²) in [6.45, 7) is 0. The number of pyridine rings is 1. The lowest BCUT2D eigenvalue weighted by atomic mass is 10.1. The van der Waals surface area contributed by atoms with Gasteiger partial charge < -0.3 is 4.57 Å². The highest BCUT2D eigenvalue weighted by Gasteiger charge is 2.35. The minimum atomic E-state index is -1.83. The summed E-state index contributed by atoms with van der Waals surface area (Å²) < 4.78 is 2.42. The summed E-state index contributed by atoms with van der Waals surface area (Å²) in [5, 5.41) is 8.99. The van der Waals surface area contributed by atoms with Gasteiger partial charge in [-0.25, -0.2) is 10.0 Å². The maximum absolute atomic E-state index is 4.42. The van der Waals surface area contributed by atoms with E-state index in [-0.39, 0.29) is 0 Å². The van der Waals surface area contributed by atoms with Gasteiger partial charge in [-0.1, -0.05) is 72.8 Å². The zero-order valence-electron chi connectivity index (χ0n) is 27.7. The molecule has 4 heterocycles. The lowest BCUT2D eigenvalue weighted by Crippen LogP contribution is -2.40. The van der Waals surface area contributed by atoms with Crippen molar-refractivity contribution < 1.29 is 0 Å². The van der Waals surface area contributed by atoms with E-state index in [1.54, 1.807) is 0 Å². The normalized spacial score (nSPS) is 13.9. The third-order valence-electron chi connectivity index (χ3n) is 9.85. The van der Waals surface area contributed by atoms with Crippen LogP contribution >= 0.6 is 10.0 Å². The van der Waals surface area contributed by atoms with Gasteiger partial charge in [-0.2, -0.15) is 5.12 Å². The Bertz CT molecular complexity index is 2500. The third-order valence-corrected chi connectivity index (χ3v) is 13.8. The molecule has 2 aliphatic rings. The Balaban J connectivity index is 1.21. The number of anilines is 3. The van der Waals surface area contributed by atoms with Gasteiger partial charge in [0.1, 0.15) is 0 Å². The second-order valence-corrected chi connectivity index (χ2v) is 15.7. The number of fused-ring (bicyclic) bond motifs is 6. The molecule has 0 radical (unpaired) electrons. The number of hydrazine groups is 2. The van der Waals surface area contributed by atoms with E-state index in [2.05, 4.69) is 207 Å². The van der Waals surface area contributed by atoms with Crippen LogP contribution in [0.1, 0.15) is 0 Å². The van der Waals surface area contributed by atoms with Crippen LogP contribution in [0.4, 0.5) is 17.1 Å². The van der Waals surface area contributed by atoms with E-state index < -0.39 is 10.0 Å². The van der Waals surface area contributed by atoms with Crippen molar-refractivity contribution in [2.75, 3.05) is 10.0 Å². The number of aromatic nitrogens is 2. The smallest absolute Gasteiger partial charge is 0.0923 e. The summed E-state index contributed by atoms with van der Waals surface area (Å²) in [6, 6.07) is 60.0. The van der Waals surface area contributed by atoms with E-state index in [0.29, 0.717) is 0 Å². The van der Waals surface area contributed by atoms with E-state index in [9.17, 15) is 0 Å². The molecule has 0 atom stereocenters. The van der Waals surface area contributed by atoms with Crippen molar-refractivity contribution in [1.29, 1.82) is 0 Å². The number of benzene rings is 6. The van der Waals surface area contributed by atoms with Crippen molar-refractivity contribution >= 4 is 48.9 Å². The highest BCUT2D eigenvalue weighted by molar-refractivity contribution is 8.34. The first-order chi connectivity index (χ1) is 25.3. The van der Waals surface area contributed by atoms with Crippen LogP contribution in [-0.2, 0) is 0 Å². The molecule has 51 heavy (non-hydrogen) atoms. The Morgan fingerprint density at radius 1 is 0.451 bits per heavy atom. The van der Waals surface area contributed by atoms with Crippen molar-refractivity contribution in [1.82, 2.24) is 14.7 Å². The van der Waals surface area contributed by atoms with Gasteiger partial charge in [0.05, 0.1) is 34.3 Å². The Morgan fingerprint density at radius 3 is 1.78 bits per heavy atom. The fourth-order valence-corrected chi connectivity index (χ4v) is 11.6. The fourth-order valence-electron chi connectivity index (χ4n) is 7.72. The summed E-state index contributed by atoms with van der Waals surface area (Å²) in [5.41, 5.74) is 6.65. The number of hydrogen-bond acceptors (Lipinski definition) is 4. The van der Waals surface area contributed by atoms with Gasteiger partial charge in [-0.05, 0) is 103 Å². The molecule has 0 bridgehead atoms. The second kappa shape index (κ2) is 11.8. The molecule has 244 valence electrons. The minimum absolute atomic E-state index is 1.000. The molecule has 0 saturated carbocycles. The fraction of sp³-hybridized carbons (Fsp3) is 0. The summed E-state index contributed by atoms with van der Waals surface area (Å²) in [4.78, 5) is 9.67. The Kier molecular flexibility index (Phi) is 6.82. The maximum atomic E-state index is 4.42. The van der Waals surface area contributed by atoms with Gasteiger partial charge in [0.25, 0.3) is 0 Å². The van der Waals surface area contributed by atoms with Crippen LogP contribution in [0, 0.1) is 0 Å². The van der Waals surface area contributed by atoms with Crippen LogP contribution in [0.3, 0.4) is 0 Å². The number of rotatable bonds is 6. The first-order valence-electron chi connectivity index (χ1n) is 17.1. The van der Waals surface area contributed by atoms with Crippen LogP contribution in [0.25, 0.3) is 27.5 Å². The largest absolute Gasteiger partial charge is 0.309 e. The molecule has 2 aromatic heterocycles. The van der Waals surface area contributed by atoms with Crippen molar-refractivity contribution in [2.24, 2.45) is 0 Å². The first kappa shape index (κ1) is 29.4. The molecule has 0 saturated heterocycles. The third kappa shape index (κ3) is 4.47. The van der Waals surface area contributed by atoms with Crippen LogP contribution < -0.4 is 10.0 Å². The molecule has 6 aromatic carbocycles. The van der Waals surface area contributed by atoms with Gasteiger partial charge in [-0.15, -0.1) is 10.0 Å². The van der Waals surface area contributed by atoms with Gasteiger partial charge in [-0.3, -0.25) is 4.98 Å². The van der Waals surface area contributed by atoms with Crippen molar-refractivity contribution in [3.63, 3.8) is 0 Å². The van der Waals surface area contributed by atoms with Crippen LogP contribution in [-0.4, -0.2) is 14.7 Å². The predicted octanol–water partition coefficient (Wildman–Crippen LogP) is 11.7. The Labute approximate surface area is 298 Å². The van der Waals surface area contributed by atoms with E-state index >= 15 is 0 Å². The highest BCUT2D eigenvalue weighted by atomic mass is 32.3. The molecule has 8 aromatic rings. The van der Waals surface area contributed by atoms with Crippen molar-refractivity contribution in [3.05, 3.63) is 201 Å². The lowest BCUT2D eigenvalue weighted by Gasteiger charge is -2.42. The molecule has 0 aliphatic carbocycles. The summed E-state index contributed by atoms with van der Waals surface area (Å²) in [6.07, 6.45) is 12.0. The van der Waals surface area contributed by atoms with E-state index in [1.165, 1.54) is 41.4 Å². The standard InChI is InChI=1S/C45H33N5S/c1-4-16-36(17-5-1)51(37-18-6-2-7-19-37,38-20-8-3-9-21-38)39-25-27-43-41(32-39)40-22-10-11-23-42(40)49(43)34-24-26-44-45(31-34)47-29-12-13-30-48(47)50(44)35-15-14-28-46-33-35/h1-33H. The monoisotopic (exact) mass is 675 g/mol. The minimum Gasteiger partial charge on any atom is -0.309 e. The SMILES string of the molecule is C1=CN2c3cc(-n4c5ccccc5c5cc(S(c6ccccc6)(c6ccccc6)c6ccccc6)ccc54)ccc3N(c3cccnc3)N2C=C1. The van der Waals surface area contributed by atoms with Crippen LogP contribution in [0.5, 0.6) is 0 Å². The van der Waals surface area contributed by atoms with Crippen molar-refractivity contribution in [3.8, 4) is 5.69 Å². The number of hydrogen-bond donors (Lipinski definition) is 0. The predicted molar refractivity (Wildman–Crippen MR) is 210 cm³/mol. The zero-order valence-corrected chi connectivity index (χ0v) is 28.5. The highest BCUT2D eigenvalue weighted by Crippen LogP contribution is 2.73. The Morgan fingerprint density at radius 2 is 1.10 bits per heavy atom. The van der Waals surface area contributed by atoms with Gasteiger partial charge in [0.15, 0.2) is 0 Å². The second-order valence-electron chi connectivity index (χ2n) is 12.6. The molecule has 0 unspecified atom stereocenters. The van der Waals surface area contributed by atoms with Crippen molar-refractivity contribution in [2.45, 2.75) is 19.6 Å². The summed E-state index contributed by atoms with van der Waals surface area (Å²) >= 11 is 0. The molecular weight excluding hydrogens is 643 g/mol. The van der Waals surface area contributed by atoms with E-state index in [0.717, 1.165) is 22.7 Å². The quantitative estimate of drug-likeness (QED) is 0.175. The topological polar surface area (TPSA) is 27.5 Å². The van der Waals surface area contributed by atoms with Gasteiger partial charge in [0, 0.05) is 54.6 Å². The summed E-state index contributed by atoms with van der Waals surface area (Å²) in [5.74, 6) is 0. The molecule has 0 amide bonds. The van der Waals surface area contributed by atoms with Gasteiger partial charge in [0.2, 0.25) is 0 Å². The molecule has 6 heteroatoms. The van der Waals surface area contributed by atoms with Crippen LogP contribution in [0.15, 0.2) is 220 Å². The van der Waals surface area contributed by atoms with Gasteiger partial charge >= 0.3 is 0 Å². The molecule has 10 rings (SSSR count). The van der Waals surface area contributed by atoms with E-state index in [1.807, 2.05) is 18.5 Å². The zero-order chi connectivity index (χ0) is 33.8. The number of allylic oxidation sites excluding steroid dienone is 2. The van der Waals surface area contributed by atoms with E-state index in [4.69, 9.17) is 0 Å². The Hall–Kier alpha value is -6.50.